The Balaban J connectivity index is 0.00000529. The summed E-state index contributed by atoms with van der Waals surface area (Å²) < 4.78 is 11.0. The summed E-state index contributed by atoms with van der Waals surface area (Å²) in [5.41, 5.74) is 0. The molecule has 0 aromatic carbocycles. The quantitative estimate of drug-likeness (QED) is 0.189. The third-order valence-corrected chi connectivity index (χ3v) is 3.37. The van der Waals surface area contributed by atoms with E-state index in [4.69, 9.17) is 9.47 Å². The van der Waals surface area contributed by atoms with Gasteiger partial charge < -0.3 is 25.4 Å². The summed E-state index contributed by atoms with van der Waals surface area (Å²) in [5, 5.41) is 9.21. The number of nitrogens with one attached hydrogen (secondary N) is 3. The van der Waals surface area contributed by atoms with Crippen LogP contribution < -0.4 is 16.0 Å². The van der Waals surface area contributed by atoms with Gasteiger partial charge in [-0.1, -0.05) is 6.92 Å². The van der Waals surface area contributed by atoms with E-state index in [0.717, 1.165) is 44.9 Å². The third-order valence-electron chi connectivity index (χ3n) is 3.37. The Labute approximate surface area is 162 Å². The summed E-state index contributed by atoms with van der Waals surface area (Å²) in [7, 11) is 0. The highest BCUT2D eigenvalue weighted by molar-refractivity contribution is 14.0. The lowest BCUT2D eigenvalue weighted by atomic mass is 10.3. The van der Waals surface area contributed by atoms with Gasteiger partial charge in [-0.3, -0.25) is 9.79 Å². The first-order valence-corrected chi connectivity index (χ1v) is 8.74. The molecule has 1 fully saturated rings. The Hall–Kier alpha value is -0.610. The van der Waals surface area contributed by atoms with Gasteiger partial charge in [0.15, 0.2) is 5.96 Å². The zero-order valence-electron chi connectivity index (χ0n) is 14.9. The second-order valence-corrected chi connectivity index (χ2v) is 5.50. The maximum absolute atomic E-state index is 11.5. The summed E-state index contributed by atoms with van der Waals surface area (Å²) in [6, 6.07) is 0. The van der Waals surface area contributed by atoms with E-state index < -0.39 is 0 Å². The number of guanidine groups is 1. The molecule has 1 atom stereocenters. The van der Waals surface area contributed by atoms with Crippen LogP contribution in [-0.2, 0) is 14.3 Å². The minimum Gasteiger partial charge on any atom is -0.379 e. The van der Waals surface area contributed by atoms with E-state index >= 15 is 0 Å². The Morgan fingerprint density at radius 2 is 2.08 bits per heavy atom. The minimum absolute atomic E-state index is 0. The van der Waals surface area contributed by atoms with Crippen LogP contribution in [0.4, 0.5) is 0 Å². The Morgan fingerprint density at radius 3 is 2.75 bits per heavy atom. The molecule has 7 nitrogen and oxygen atoms in total. The van der Waals surface area contributed by atoms with Crippen molar-refractivity contribution in [1.29, 1.82) is 0 Å². The number of hydrogen-bond acceptors (Lipinski definition) is 4. The lowest BCUT2D eigenvalue weighted by molar-refractivity contribution is -0.120. The molecule has 3 N–H and O–H groups in total. The molecule has 0 spiro atoms. The third kappa shape index (κ3) is 11.9. The maximum Gasteiger partial charge on any atom is 0.221 e. The van der Waals surface area contributed by atoms with Gasteiger partial charge in [0.05, 0.1) is 12.7 Å². The monoisotopic (exact) mass is 456 g/mol. The second-order valence-electron chi connectivity index (χ2n) is 5.50. The van der Waals surface area contributed by atoms with Crippen molar-refractivity contribution in [3.8, 4) is 0 Å². The topological polar surface area (TPSA) is 84.0 Å². The first-order valence-electron chi connectivity index (χ1n) is 8.74. The van der Waals surface area contributed by atoms with Crippen LogP contribution in [0.5, 0.6) is 0 Å². The molecule has 1 amide bonds. The molecule has 0 aromatic rings. The average Bonchev–Trinajstić information content (AvgIpc) is 3.06. The summed E-state index contributed by atoms with van der Waals surface area (Å²) in [5.74, 6) is 0.822. The van der Waals surface area contributed by atoms with Crippen LogP contribution in [0.2, 0.25) is 0 Å². The number of hydrogen-bond donors (Lipinski definition) is 3. The highest BCUT2D eigenvalue weighted by Gasteiger charge is 2.15. The maximum atomic E-state index is 11.5. The number of carbonyl (C=O) groups is 1. The zero-order valence-corrected chi connectivity index (χ0v) is 17.3. The lowest BCUT2D eigenvalue weighted by Gasteiger charge is -2.12. The standard InChI is InChI=1S/C16H32N4O3.HI/c1-3-8-18-15(21)6-10-20-16(17-4-2)19-9-5-11-23-14-7-12-22-13-14;/h14H,3-13H2,1-2H3,(H,18,21)(H2,17,19,20);1H. The van der Waals surface area contributed by atoms with Crippen molar-refractivity contribution < 1.29 is 14.3 Å². The fourth-order valence-electron chi connectivity index (χ4n) is 2.14. The van der Waals surface area contributed by atoms with Crippen LogP contribution in [0.25, 0.3) is 0 Å². The summed E-state index contributed by atoms with van der Waals surface area (Å²) in [6.45, 7) is 9.10. The lowest BCUT2D eigenvalue weighted by Crippen LogP contribution is -2.39. The van der Waals surface area contributed by atoms with E-state index in [-0.39, 0.29) is 36.0 Å². The Bertz CT molecular complexity index is 350. The van der Waals surface area contributed by atoms with Crippen molar-refractivity contribution in [1.82, 2.24) is 16.0 Å². The molecule has 0 radical (unpaired) electrons. The number of amides is 1. The van der Waals surface area contributed by atoms with Crippen LogP contribution in [0.1, 0.15) is 39.5 Å². The van der Waals surface area contributed by atoms with Crippen LogP contribution in [-0.4, -0.2) is 64.0 Å². The van der Waals surface area contributed by atoms with Gasteiger partial charge in [-0.15, -0.1) is 24.0 Å². The SMILES string of the molecule is CCCNC(=O)CCNC(=NCCCOC1CCOC1)NCC.I. The van der Waals surface area contributed by atoms with E-state index in [1.165, 1.54) is 0 Å². The van der Waals surface area contributed by atoms with Crippen molar-refractivity contribution >= 4 is 35.8 Å². The zero-order chi connectivity index (χ0) is 16.8. The molecular weight excluding hydrogens is 423 g/mol. The van der Waals surface area contributed by atoms with Crippen molar-refractivity contribution in [2.45, 2.75) is 45.6 Å². The van der Waals surface area contributed by atoms with Gasteiger partial charge in [0.2, 0.25) is 5.91 Å². The van der Waals surface area contributed by atoms with Crippen molar-refractivity contribution in [3.05, 3.63) is 0 Å². The normalized spacial score (nSPS) is 17.2. The molecule has 0 bridgehead atoms. The molecular formula is C16H33IN4O3. The van der Waals surface area contributed by atoms with Crippen LogP contribution in [0.3, 0.4) is 0 Å². The largest absolute Gasteiger partial charge is 0.379 e. The first-order chi connectivity index (χ1) is 11.3. The fourth-order valence-corrected chi connectivity index (χ4v) is 2.14. The van der Waals surface area contributed by atoms with E-state index in [2.05, 4.69) is 20.9 Å². The van der Waals surface area contributed by atoms with Crippen molar-refractivity contribution in [3.63, 3.8) is 0 Å². The van der Waals surface area contributed by atoms with Gasteiger partial charge in [-0.2, -0.15) is 0 Å². The molecule has 1 heterocycles. The fraction of sp³-hybridized carbons (Fsp3) is 0.875. The molecule has 1 unspecified atom stereocenters. The molecule has 8 heteroatoms. The van der Waals surface area contributed by atoms with Gasteiger partial charge in [0.25, 0.3) is 0 Å². The summed E-state index contributed by atoms with van der Waals surface area (Å²) >= 11 is 0. The highest BCUT2D eigenvalue weighted by Crippen LogP contribution is 2.07. The number of aliphatic imine (C=N–C) groups is 1. The Morgan fingerprint density at radius 1 is 1.25 bits per heavy atom. The average molecular weight is 456 g/mol. The van der Waals surface area contributed by atoms with Crippen molar-refractivity contribution in [2.75, 3.05) is 46.0 Å². The second kappa shape index (κ2) is 15.9. The van der Waals surface area contributed by atoms with Gasteiger partial charge in [-0.25, -0.2) is 0 Å². The Kier molecular flexibility index (Phi) is 15.5. The van der Waals surface area contributed by atoms with Gasteiger partial charge >= 0.3 is 0 Å². The van der Waals surface area contributed by atoms with Crippen LogP contribution >= 0.6 is 24.0 Å². The molecule has 1 saturated heterocycles. The minimum atomic E-state index is 0. The van der Waals surface area contributed by atoms with E-state index in [1.807, 2.05) is 13.8 Å². The number of halogens is 1. The van der Waals surface area contributed by atoms with E-state index in [0.29, 0.717) is 32.7 Å². The number of nitrogens with zero attached hydrogens (tertiary/aromatic N) is 1. The first kappa shape index (κ1) is 23.4. The summed E-state index contributed by atoms with van der Waals surface area (Å²) in [4.78, 5) is 16.0. The van der Waals surface area contributed by atoms with Gasteiger partial charge in [-0.05, 0) is 26.2 Å². The predicted octanol–water partition coefficient (Wildman–Crippen LogP) is 1.27. The summed E-state index contributed by atoms with van der Waals surface area (Å²) in [6.07, 6.45) is 3.54. The van der Waals surface area contributed by atoms with E-state index in [1.54, 1.807) is 0 Å². The molecule has 0 aromatic heterocycles. The number of ether oxygens (including phenoxy) is 2. The molecule has 1 aliphatic rings. The smallest absolute Gasteiger partial charge is 0.221 e. The number of carbonyl (C=O) groups excluding carboxylic acids is 1. The molecule has 0 saturated carbocycles. The van der Waals surface area contributed by atoms with E-state index in [9.17, 15) is 4.79 Å². The molecule has 142 valence electrons. The predicted molar refractivity (Wildman–Crippen MR) is 107 cm³/mol. The highest BCUT2D eigenvalue weighted by atomic mass is 127. The van der Waals surface area contributed by atoms with Gasteiger partial charge in [0.1, 0.15) is 0 Å². The van der Waals surface area contributed by atoms with Crippen LogP contribution in [0.15, 0.2) is 4.99 Å². The van der Waals surface area contributed by atoms with Crippen molar-refractivity contribution in [2.24, 2.45) is 4.99 Å². The van der Waals surface area contributed by atoms with Crippen LogP contribution in [0, 0.1) is 0 Å². The molecule has 1 rings (SSSR count). The molecule has 24 heavy (non-hydrogen) atoms. The molecule has 0 aliphatic carbocycles. The molecule has 1 aliphatic heterocycles. The number of rotatable bonds is 11. The van der Waals surface area contributed by atoms with Gasteiger partial charge in [0, 0.05) is 45.8 Å².